The third kappa shape index (κ3) is 2.80. The maximum absolute atomic E-state index is 12.5. The SMILES string of the molecule is Cc1cc(NS(=O)(=O)c2cc(Br)cc(N)c2C)n(C)n1. The van der Waals surface area contributed by atoms with Crippen molar-refractivity contribution in [2.24, 2.45) is 7.05 Å². The van der Waals surface area contributed by atoms with Gasteiger partial charge in [-0.1, -0.05) is 15.9 Å². The number of aromatic nitrogens is 2. The van der Waals surface area contributed by atoms with Gasteiger partial charge in [0.05, 0.1) is 10.6 Å². The second-order valence-electron chi connectivity index (χ2n) is 4.52. The number of halogens is 1. The van der Waals surface area contributed by atoms with Crippen LogP contribution in [-0.4, -0.2) is 18.2 Å². The summed E-state index contributed by atoms with van der Waals surface area (Å²) in [5, 5.41) is 4.10. The maximum atomic E-state index is 12.5. The lowest BCUT2D eigenvalue weighted by atomic mass is 10.2. The first-order valence-electron chi connectivity index (χ1n) is 5.80. The molecule has 0 aliphatic carbocycles. The van der Waals surface area contributed by atoms with Gasteiger partial charge in [0.2, 0.25) is 0 Å². The molecule has 0 saturated carbocycles. The van der Waals surface area contributed by atoms with E-state index in [1.807, 2.05) is 0 Å². The van der Waals surface area contributed by atoms with Crippen LogP contribution in [0.2, 0.25) is 0 Å². The monoisotopic (exact) mass is 358 g/mol. The molecular weight excluding hydrogens is 344 g/mol. The molecule has 0 fully saturated rings. The third-order valence-corrected chi connectivity index (χ3v) is 4.83. The van der Waals surface area contributed by atoms with Crippen molar-refractivity contribution in [2.45, 2.75) is 18.7 Å². The molecule has 0 aliphatic rings. The highest BCUT2D eigenvalue weighted by Gasteiger charge is 2.20. The summed E-state index contributed by atoms with van der Waals surface area (Å²) >= 11 is 3.25. The van der Waals surface area contributed by atoms with Gasteiger partial charge >= 0.3 is 0 Å². The topological polar surface area (TPSA) is 90.0 Å². The average molecular weight is 359 g/mol. The smallest absolute Gasteiger partial charge is 0.263 e. The summed E-state index contributed by atoms with van der Waals surface area (Å²) < 4.78 is 29.5. The van der Waals surface area contributed by atoms with Crippen LogP contribution in [0.3, 0.4) is 0 Å². The van der Waals surface area contributed by atoms with Crippen LogP contribution in [0, 0.1) is 13.8 Å². The summed E-state index contributed by atoms with van der Waals surface area (Å²) in [6.45, 7) is 3.46. The number of aryl methyl sites for hydroxylation is 2. The van der Waals surface area contributed by atoms with E-state index in [1.165, 1.54) is 10.7 Å². The number of nitrogens with one attached hydrogen (secondary N) is 1. The summed E-state index contributed by atoms with van der Waals surface area (Å²) in [6.07, 6.45) is 0. The molecule has 0 unspecified atom stereocenters. The number of sulfonamides is 1. The van der Waals surface area contributed by atoms with Gasteiger partial charge in [-0.15, -0.1) is 0 Å². The van der Waals surface area contributed by atoms with Crippen molar-refractivity contribution in [1.82, 2.24) is 9.78 Å². The van der Waals surface area contributed by atoms with Crippen molar-refractivity contribution in [3.8, 4) is 0 Å². The Bertz CT molecular complexity index is 768. The predicted octanol–water partition coefficient (Wildman–Crippen LogP) is 2.18. The highest BCUT2D eigenvalue weighted by atomic mass is 79.9. The summed E-state index contributed by atoms with van der Waals surface area (Å²) in [5.74, 6) is 0.403. The minimum absolute atomic E-state index is 0.142. The number of nitrogen functional groups attached to an aromatic ring is 1. The first kappa shape index (κ1) is 14.9. The second kappa shape index (κ2) is 5.10. The highest BCUT2D eigenvalue weighted by molar-refractivity contribution is 9.10. The quantitative estimate of drug-likeness (QED) is 0.822. The lowest BCUT2D eigenvalue weighted by Gasteiger charge is -2.12. The van der Waals surface area contributed by atoms with E-state index in [9.17, 15) is 8.42 Å². The molecule has 0 spiro atoms. The molecular formula is C12H15BrN4O2S. The van der Waals surface area contributed by atoms with Crippen molar-refractivity contribution < 1.29 is 8.42 Å². The van der Waals surface area contributed by atoms with Crippen LogP contribution in [0.15, 0.2) is 27.6 Å². The van der Waals surface area contributed by atoms with Crippen LogP contribution < -0.4 is 10.5 Å². The Hall–Kier alpha value is -1.54. The number of hydrogen-bond donors (Lipinski definition) is 2. The van der Waals surface area contributed by atoms with Gasteiger partial charge in [-0.2, -0.15) is 5.10 Å². The van der Waals surface area contributed by atoms with E-state index in [4.69, 9.17) is 5.73 Å². The number of hydrogen-bond acceptors (Lipinski definition) is 4. The molecule has 0 amide bonds. The molecule has 2 rings (SSSR count). The van der Waals surface area contributed by atoms with Crippen molar-refractivity contribution in [3.63, 3.8) is 0 Å². The van der Waals surface area contributed by atoms with Gasteiger partial charge in [0.25, 0.3) is 10.0 Å². The van der Waals surface area contributed by atoms with E-state index in [0.29, 0.717) is 21.5 Å². The molecule has 1 heterocycles. The summed E-state index contributed by atoms with van der Waals surface area (Å²) in [7, 11) is -2.05. The Morgan fingerprint density at radius 2 is 1.95 bits per heavy atom. The highest BCUT2D eigenvalue weighted by Crippen LogP contribution is 2.27. The summed E-state index contributed by atoms with van der Waals surface area (Å²) in [5.41, 5.74) is 7.47. The van der Waals surface area contributed by atoms with Gasteiger partial charge < -0.3 is 5.73 Å². The van der Waals surface area contributed by atoms with E-state index in [1.54, 1.807) is 33.0 Å². The molecule has 0 bridgehead atoms. The van der Waals surface area contributed by atoms with Crippen molar-refractivity contribution in [2.75, 3.05) is 10.5 Å². The zero-order valence-electron chi connectivity index (χ0n) is 11.3. The zero-order valence-corrected chi connectivity index (χ0v) is 13.7. The molecule has 1 aromatic heterocycles. The Balaban J connectivity index is 2.49. The van der Waals surface area contributed by atoms with Crippen molar-refractivity contribution in [3.05, 3.63) is 33.9 Å². The molecule has 8 heteroatoms. The third-order valence-electron chi connectivity index (χ3n) is 2.90. The zero-order chi connectivity index (χ0) is 15.1. The van der Waals surface area contributed by atoms with Gasteiger partial charge in [-0.05, 0) is 31.5 Å². The molecule has 0 radical (unpaired) electrons. The molecule has 20 heavy (non-hydrogen) atoms. The van der Waals surface area contributed by atoms with Crippen LogP contribution in [0.25, 0.3) is 0 Å². The van der Waals surface area contributed by atoms with E-state index in [2.05, 4.69) is 25.8 Å². The summed E-state index contributed by atoms with van der Waals surface area (Å²) in [6, 6.07) is 4.86. The molecule has 3 N–H and O–H groups in total. The largest absolute Gasteiger partial charge is 0.398 e. The number of benzene rings is 1. The van der Waals surface area contributed by atoms with E-state index < -0.39 is 10.0 Å². The first-order valence-corrected chi connectivity index (χ1v) is 8.07. The number of nitrogens with zero attached hydrogens (tertiary/aromatic N) is 2. The fraction of sp³-hybridized carbons (Fsp3) is 0.250. The van der Waals surface area contributed by atoms with Crippen LogP contribution in [-0.2, 0) is 17.1 Å². The Labute approximate surface area is 126 Å². The maximum Gasteiger partial charge on any atom is 0.263 e. The molecule has 0 saturated heterocycles. The van der Waals surface area contributed by atoms with E-state index >= 15 is 0 Å². The average Bonchev–Trinajstić information content (AvgIpc) is 2.61. The van der Waals surface area contributed by atoms with Gasteiger partial charge in [-0.25, -0.2) is 8.42 Å². The first-order chi connectivity index (χ1) is 9.20. The molecule has 2 aromatic rings. The van der Waals surface area contributed by atoms with Crippen molar-refractivity contribution in [1.29, 1.82) is 0 Å². The van der Waals surface area contributed by atoms with Crippen LogP contribution in [0.1, 0.15) is 11.3 Å². The lowest BCUT2D eigenvalue weighted by molar-refractivity contribution is 0.599. The van der Waals surface area contributed by atoms with Crippen molar-refractivity contribution >= 4 is 37.5 Å². The summed E-state index contributed by atoms with van der Waals surface area (Å²) in [4.78, 5) is 0.142. The van der Waals surface area contributed by atoms with Gasteiger partial charge in [-0.3, -0.25) is 9.40 Å². The number of rotatable bonds is 3. The number of nitrogens with two attached hydrogens (primary N) is 1. The Morgan fingerprint density at radius 1 is 1.30 bits per heavy atom. The molecule has 6 nitrogen and oxygen atoms in total. The lowest BCUT2D eigenvalue weighted by Crippen LogP contribution is -2.17. The minimum atomic E-state index is -3.72. The molecule has 1 aromatic carbocycles. The van der Waals surface area contributed by atoms with Gasteiger partial charge in [0.1, 0.15) is 5.82 Å². The normalized spacial score (nSPS) is 11.6. The van der Waals surface area contributed by atoms with E-state index in [0.717, 1.165) is 5.69 Å². The molecule has 0 atom stereocenters. The Morgan fingerprint density at radius 3 is 2.50 bits per heavy atom. The van der Waals surface area contributed by atoms with Crippen LogP contribution >= 0.6 is 15.9 Å². The molecule has 0 aliphatic heterocycles. The van der Waals surface area contributed by atoms with E-state index in [-0.39, 0.29) is 4.90 Å². The second-order valence-corrected chi connectivity index (χ2v) is 7.08. The standard InChI is InChI=1S/C12H15BrN4O2S/c1-7-4-12(17(3)15-7)16-20(18,19)11-6-9(13)5-10(14)8(11)2/h4-6,16H,14H2,1-3H3. The fourth-order valence-electron chi connectivity index (χ4n) is 1.85. The minimum Gasteiger partial charge on any atom is -0.398 e. The van der Waals surface area contributed by atoms with Gasteiger partial charge in [0.15, 0.2) is 0 Å². The van der Waals surface area contributed by atoms with Gasteiger partial charge in [0, 0.05) is 23.3 Å². The fourth-order valence-corrected chi connectivity index (χ4v) is 3.86. The Kier molecular flexibility index (Phi) is 3.79. The number of anilines is 2. The molecule has 108 valence electrons. The van der Waals surface area contributed by atoms with Crippen LogP contribution in [0.5, 0.6) is 0 Å². The predicted molar refractivity (Wildman–Crippen MR) is 82.0 cm³/mol. The van der Waals surface area contributed by atoms with Crippen LogP contribution in [0.4, 0.5) is 11.5 Å².